The summed E-state index contributed by atoms with van der Waals surface area (Å²) in [6.07, 6.45) is 10.0. The Morgan fingerprint density at radius 1 is 0.793 bits per heavy atom. The molecule has 1 saturated heterocycles. The first kappa shape index (κ1) is 21.3. The quantitative estimate of drug-likeness (QED) is 0.449. The predicted octanol–water partition coefficient (Wildman–Crippen LogP) is 6.53. The van der Waals surface area contributed by atoms with Crippen LogP contribution in [0.4, 0.5) is 0 Å². The largest absolute Gasteiger partial charge is 0.348 e. The van der Waals surface area contributed by atoms with Crippen molar-refractivity contribution < 1.29 is 19.6 Å². The number of rotatable bonds is 5. The summed E-state index contributed by atoms with van der Waals surface area (Å²) >= 11 is 0. The van der Waals surface area contributed by atoms with E-state index in [1.165, 1.54) is 38.5 Å². The fourth-order valence-corrected chi connectivity index (χ4v) is 5.73. The second-order valence-electron chi connectivity index (χ2n) is 9.99. The van der Waals surface area contributed by atoms with E-state index in [4.69, 9.17) is 14.4 Å². The van der Waals surface area contributed by atoms with E-state index in [1.807, 2.05) is 0 Å². The molecule has 3 fully saturated rings. The standard InChI is InChI=1S/C25H38O4/c1-17-3-5-19(6-4-17)20-7-9-21(10-8-20)24(29-26)22-11-13-23(14-12-22)25-27-15-18(2)16-28-25/h11-14,17-21,24-26H,3-10,15-16H2,1-2H3. The van der Waals surface area contributed by atoms with Crippen molar-refractivity contribution in [3.63, 3.8) is 0 Å². The van der Waals surface area contributed by atoms with E-state index in [9.17, 15) is 5.26 Å². The summed E-state index contributed by atoms with van der Waals surface area (Å²) in [5, 5.41) is 9.67. The maximum Gasteiger partial charge on any atom is 0.183 e. The molecule has 1 aliphatic heterocycles. The second-order valence-corrected chi connectivity index (χ2v) is 9.99. The van der Waals surface area contributed by atoms with Gasteiger partial charge in [0.15, 0.2) is 6.29 Å². The Morgan fingerprint density at radius 2 is 1.34 bits per heavy atom. The maximum absolute atomic E-state index is 9.67. The third kappa shape index (κ3) is 5.22. The van der Waals surface area contributed by atoms with Gasteiger partial charge in [-0.3, -0.25) is 5.26 Å². The molecule has 1 heterocycles. The van der Waals surface area contributed by atoms with Crippen LogP contribution in [0.3, 0.4) is 0 Å². The van der Waals surface area contributed by atoms with Gasteiger partial charge in [-0.1, -0.05) is 51.0 Å². The van der Waals surface area contributed by atoms with Gasteiger partial charge in [0, 0.05) is 11.5 Å². The number of ether oxygens (including phenoxy) is 2. The minimum absolute atomic E-state index is 0.232. The molecular formula is C25H38O4. The Hall–Kier alpha value is -0.940. The zero-order chi connectivity index (χ0) is 20.2. The van der Waals surface area contributed by atoms with E-state index >= 15 is 0 Å². The van der Waals surface area contributed by atoms with Crippen LogP contribution in [-0.2, 0) is 14.4 Å². The lowest BCUT2D eigenvalue weighted by Crippen LogP contribution is -2.28. The highest BCUT2D eigenvalue weighted by atomic mass is 17.1. The normalized spacial score (nSPS) is 37.2. The van der Waals surface area contributed by atoms with Gasteiger partial charge in [0.2, 0.25) is 0 Å². The molecule has 2 aliphatic carbocycles. The van der Waals surface area contributed by atoms with Crippen LogP contribution in [0.15, 0.2) is 24.3 Å². The minimum atomic E-state index is -0.276. The van der Waals surface area contributed by atoms with E-state index in [-0.39, 0.29) is 12.4 Å². The molecule has 29 heavy (non-hydrogen) atoms. The fraction of sp³-hybridized carbons (Fsp3) is 0.760. The zero-order valence-electron chi connectivity index (χ0n) is 18.1. The average Bonchev–Trinajstić information content (AvgIpc) is 2.76. The van der Waals surface area contributed by atoms with Gasteiger partial charge in [-0.15, -0.1) is 0 Å². The van der Waals surface area contributed by atoms with E-state index in [0.29, 0.717) is 11.8 Å². The van der Waals surface area contributed by atoms with Gasteiger partial charge in [-0.25, -0.2) is 4.89 Å². The van der Waals surface area contributed by atoms with Crippen molar-refractivity contribution in [3.8, 4) is 0 Å². The van der Waals surface area contributed by atoms with E-state index < -0.39 is 0 Å². The molecule has 1 unspecified atom stereocenters. The molecule has 1 N–H and O–H groups in total. The van der Waals surface area contributed by atoms with Crippen molar-refractivity contribution in [2.45, 2.75) is 77.6 Å². The van der Waals surface area contributed by atoms with Gasteiger partial charge in [-0.05, 0) is 67.8 Å². The highest BCUT2D eigenvalue weighted by molar-refractivity contribution is 5.26. The summed E-state index contributed by atoms with van der Waals surface area (Å²) in [7, 11) is 0. The number of hydrogen-bond donors (Lipinski definition) is 1. The third-order valence-electron chi connectivity index (χ3n) is 7.69. The molecular weight excluding hydrogens is 364 g/mol. The first-order valence-electron chi connectivity index (χ1n) is 11.8. The molecule has 0 radical (unpaired) electrons. The van der Waals surface area contributed by atoms with Crippen LogP contribution in [0.25, 0.3) is 0 Å². The van der Waals surface area contributed by atoms with Crippen LogP contribution in [0.1, 0.15) is 88.7 Å². The summed E-state index contributed by atoms with van der Waals surface area (Å²) in [4.78, 5) is 5.01. The first-order valence-corrected chi connectivity index (χ1v) is 11.8. The Morgan fingerprint density at radius 3 is 1.90 bits per heavy atom. The van der Waals surface area contributed by atoms with Crippen molar-refractivity contribution in [3.05, 3.63) is 35.4 Å². The molecule has 0 spiro atoms. The molecule has 1 atom stereocenters. The second kappa shape index (κ2) is 9.91. The number of benzene rings is 1. The van der Waals surface area contributed by atoms with Crippen LogP contribution in [0.5, 0.6) is 0 Å². The smallest absolute Gasteiger partial charge is 0.183 e. The summed E-state index contributed by atoms with van der Waals surface area (Å²) < 4.78 is 11.6. The van der Waals surface area contributed by atoms with Gasteiger partial charge in [0.05, 0.1) is 13.2 Å². The molecule has 0 aromatic heterocycles. The molecule has 3 aliphatic rings. The van der Waals surface area contributed by atoms with Crippen LogP contribution in [0.2, 0.25) is 0 Å². The van der Waals surface area contributed by atoms with E-state index in [0.717, 1.165) is 54.9 Å². The minimum Gasteiger partial charge on any atom is -0.348 e. The lowest BCUT2D eigenvalue weighted by atomic mass is 9.68. The average molecular weight is 403 g/mol. The van der Waals surface area contributed by atoms with Crippen LogP contribution >= 0.6 is 0 Å². The molecule has 4 rings (SSSR count). The van der Waals surface area contributed by atoms with Crippen LogP contribution in [0, 0.1) is 29.6 Å². The van der Waals surface area contributed by atoms with Gasteiger partial charge in [-0.2, -0.15) is 0 Å². The Kier molecular flexibility index (Phi) is 7.28. The monoisotopic (exact) mass is 402 g/mol. The summed E-state index contributed by atoms with van der Waals surface area (Å²) in [5.74, 6) is 3.57. The highest BCUT2D eigenvalue weighted by Gasteiger charge is 2.34. The molecule has 1 aromatic carbocycles. The van der Waals surface area contributed by atoms with Crippen molar-refractivity contribution >= 4 is 0 Å². The van der Waals surface area contributed by atoms with Crippen molar-refractivity contribution in [1.29, 1.82) is 0 Å². The summed E-state index contributed by atoms with van der Waals surface area (Å²) in [6, 6.07) is 8.23. The van der Waals surface area contributed by atoms with Crippen molar-refractivity contribution in [2.24, 2.45) is 29.6 Å². The predicted molar refractivity (Wildman–Crippen MR) is 113 cm³/mol. The van der Waals surface area contributed by atoms with Gasteiger partial charge >= 0.3 is 0 Å². The molecule has 2 saturated carbocycles. The summed E-state index contributed by atoms with van der Waals surface area (Å²) in [5.41, 5.74) is 2.09. The van der Waals surface area contributed by atoms with Crippen LogP contribution in [-0.4, -0.2) is 18.5 Å². The van der Waals surface area contributed by atoms with Crippen LogP contribution < -0.4 is 0 Å². The molecule has 0 amide bonds. The Bertz CT molecular complexity index is 606. The number of hydrogen-bond acceptors (Lipinski definition) is 4. The lowest BCUT2D eigenvalue weighted by Gasteiger charge is -2.38. The fourth-order valence-electron chi connectivity index (χ4n) is 5.73. The maximum atomic E-state index is 9.67. The lowest BCUT2D eigenvalue weighted by molar-refractivity contribution is -0.296. The highest BCUT2D eigenvalue weighted by Crippen LogP contribution is 2.45. The van der Waals surface area contributed by atoms with Gasteiger partial charge in [0.1, 0.15) is 6.10 Å². The Balaban J connectivity index is 1.32. The zero-order valence-corrected chi connectivity index (χ0v) is 18.1. The van der Waals surface area contributed by atoms with E-state index in [1.54, 1.807) is 0 Å². The third-order valence-corrected chi connectivity index (χ3v) is 7.69. The molecule has 4 nitrogen and oxygen atoms in total. The van der Waals surface area contributed by atoms with E-state index in [2.05, 4.69) is 38.1 Å². The molecule has 1 aromatic rings. The topological polar surface area (TPSA) is 47.9 Å². The Labute approximate surface area is 175 Å². The SMILES string of the molecule is CC1CCC(C2CCC(C(OO)c3ccc(C4OCC(C)CO4)cc3)CC2)CC1. The molecule has 4 heteroatoms. The van der Waals surface area contributed by atoms with Gasteiger partial charge in [0.25, 0.3) is 0 Å². The first-order chi connectivity index (χ1) is 14.1. The molecule has 162 valence electrons. The van der Waals surface area contributed by atoms with Crippen molar-refractivity contribution in [2.75, 3.05) is 13.2 Å². The van der Waals surface area contributed by atoms with Gasteiger partial charge < -0.3 is 9.47 Å². The van der Waals surface area contributed by atoms with Crippen molar-refractivity contribution in [1.82, 2.24) is 0 Å². The summed E-state index contributed by atoms with van der Waals surface area (Å²) in [6.45, 7) is 6.00. The molecule has 0 bridgehead atoms.